The third kappa shape index (κ3) is 4.71. The van der Waals surface area contributed by atoms with Gasteiger partial charge in [0.1, 0.15) is 0 Å². The topological polar surface area (TPSA) is 41.1 Å². The van der Waals surface area contributed by atoms with Crippen molar-refractivity contribution >= 4 is 22.0 Å². The minimum Gasteiger partial charge on any atom is -0.334 e. The smallest absolute Gasteiger partial charge is 0.319 e. The molecule has 102 valence electrons. The lowest BCUT2D eigenvalue weighted by Gasteiger charge is -2.07. The zero-order valence-electron chi connectivity index (χ0n) is 10.9. The Hall–Kier alpha value is -1.29. The molecule has 2 N–H and O–H groups in total. The van der Waals surface area contributed by atoms with Gasteiger partial charge in [0, 0.05) is 17.2 Å². The first-order chi connectivity index (χ1) is 9.25. The van der Waals surface area contributed by atoms with E-state index >= 15 is 0 Å². The van der Waals surface area contributed by atoms with Crippen LogP contribution in [0, 0.1) is 5.92 Å². The van der Waals surface area contributed by atoms with E-state index in [1.807, 2.05) is 24.3 Å². The molecule has 1 aliphatic carbocycles. The number of allylic oxidation sites excluding steroid dienone is 1. The summed E-state index contributed by atoms with van der Waals surface area (Å²) in [6.45, 7) is 0.518. The maximum Gasteiger partial charge on any atom is 0.319 e. The normalized spacial score (nSPS) is 15.8. The zero-order valence-corrected chi connectivity index (χ0v) is 12.4. The lowest BCUT2D eigenvalue weighted by atomic mass is 10.1. The standard InChI is InChI=1S/C15H19BrN2O/c16-14-8-4-3-7-13(14)11-18-15(19)17-10-9-12-5-1-2-6-12/h3-4,7-10,12H,1-2,5-6,11H2,(H2,17,18,19)/b10-9+. The van der Waals surface area contributed by atoms with Crippen LogP contribution in [0.2, 0.25) is 0 Å². The molecular formula is C15H19BrN2O. The summed E-state index contributed by atoms with van der Waals surface area (Å²) in [5.41, 5.74) is 1.07. The summed E-state index contributed by atoms with van der Waals surface area (Å²) in [6, 6.07) is 7.70. The van der Waals surface area contributed by atoms with Crippen molar-refractivity contribution in [2.75, 3.05) is 0 Å². The average molecular weight is 323 g/mol. The van der Waals surface area contributed by atoms with E-state index in [4.69, 9.17) is 0 Å². The van der Waals surface area contributed by atoms with E-state index in [0.717, 1.165) is 10.0 Å². The van der Waals surface area contributed by atoms with Crippen molar-refractivity contribution in [3.05, 3.63) is 46.6 Å². The summed E-state index contributed by atoms with van der Waals surface area (Å²) >= 11 is 3.46. The Morgan fingerprint density at radius 2 is 2.05 bits per heavy atom. The van der Waals surface area contributed by atoms with E-state index < -0.39 is 0 Å². The van der Waals surface area contributed by atoms with Crippen LogP contribution >= 0.6 is 15.9 Å². The highest BCUT2D eigenvalue weighted by molar-refractivity contribution is 9.10. The summed E-state index contributed by atoms with van der Waals surface area (Å²) in [5.74, 6) is 0.642. The third-order valence-electron chi connectivity index (χ3n) is 3.38. The molecule has 1 fully saturated rings. The Morgan fingerprint density at radius 3 is 2.79 bits per heavy atom. The summed E-state index contributed by atoms with van der Waals surface area (Å²) in [4.78, 5) is 11.6. The molecular weight excluding hydrogens is 304 g/mol. The molecule has 0 saturated heterocycles. The van der Waals surface area contributed by atoms with E-state index in [1.165, 1.54) is 25.7 Å². The van der Waals surface area contributed by atoms with Crippen molar-refractivity contribution in [1.29, 1.82) is 0 Å². The van der Waals surface area contributed by atoms with Gasteiger partial charge >= 0.3 is 6.03 Å². The van der Waals surface area contributed by atoms with Gasteiger partial charge in [-0.1, -0.05) is 53.0 Å². The summed E-state index contributed by atoms with van der Waals surface area (Å²) < 4.78 is 1.01. The predicted octanol–water partition coefficient (Wildman–Crippen LogP) is 3.95. The van der Waals surface area contributed by atoms with Crippen LogP contribution in [0.1, 0.15) is 31.2 Å². The second kappa shape index (κ2) is 7.34. The first kappa shape index (κ1) is 14.1. The van der Waals surface area contributed by atoms with Crippen LogP contribution in [-0.4, -0.2) is 6.03 Å². The molecule has 0 aromatic heterocycles. The Morgan fingerprint density at radius 1 is 1.32 bits per heavy atom. The molecule has 4 heteroatoms. The van der Waals surface area contributed by atoms with Crippen LogP contribution in [0.3, 0.4) is 0 Å². The lowest BCUT2D eigenvalue weighted by Crippen LogP contribution is -2.31. The minimum absolute atomic E-state index is 0.162. The van der Waals surface area contributed by atoms with Crippen LogP contribution in [0.4, 0.5) is 4.79 Å². The molecule has 1 aromatic rings. The zero-order chi connectivity index (χ0) is 13.5. The number of rotatable bonds is 4. The Bertz CT molecular complexity index is 453. The molecule has 19 heavy (non-hydrogen) atoms. The molecule has 3 nitrogen and oxygen atoms in total. The van der Waals surface area contributed by atoms with Crippen LogP contribution in [0.15, 0.2) is 41.0 Å². The van der Waals surface area contributed by atoms with E-state index in [2.05, 4.69) is 32.6 Å². The quantitative estimate of drug-likeness (QED) is 0.865. The van der Waals surface area contributed by atoms with Gasteiger partial charge in [0.2, 0.25) is 0 Å². The number of nitrogens with one attached hydrogen (secondary N) is 2. The molecule has 0 bridgehead atoms. The van der Waals surface area contributed by atoms with Crippen molar-refractivity contribution in [3.8, 4) is 0 Å². The molecule has 0 unspecified atom stereocenters. The summed E-state index contributed by atoms with van der Waals surface area (Å²) in [5, 5.41) is 5.59. The third-order valence-corrected chi connectivity index (χ3v) is 4.15. The van der Waals surface area contributed by atoms with Crippen molar-refractivity contribution in [2.45, 2.75) is 32.2 Å². The number of amides is 2. The second-order valence-electron chi connectivity index (χ2n) is 4.82. The summed E-state index contributed by atoms with van der Waals surface area (Å²) in [7, 11) is 0. The van der Waals surface area contributed by atoms with E-state index in [0.29, 0.717) is 12.5 Å². The molecule has 1 aliphatic rings. The molecule has 0 radical (unpaired) electrons. The molecule has 0 spiro atoms. The highest BCUT2D eigenvalue weighted by Crippen LogP contribution is 2.25. The monoisotopic (exact) mass is 322 g/mol. The second-order valence-corrected chi connectivity index (χ2v) is 5.68. The minimum atomic E-state index is -0.162. The maximum atomic E-state index is 11.6. The Kier molecular flexibility index (Phi) is 5.45. The average Bonchev–Trinajstić information content (AvgIpc) is 2.91. The molecule has 1 saturated carbocycles. The lowest BCUT2D eigenvalue weighted by molar-refractivity contribution is 0.243. The molecule has 0 atom stereocenters. The molecule has 0 aliphatic heterocycles. The van der Waals surface area contributed by atoms with Gasteiger partial charge in [0.15, 0.2) is 0 Å². The van der Waals surface area contributed by atoms with Crippen LogP contribution in [0.5, 0.6) is 0 Å². The number of benzene rings is 1. The highest BCUT2D eigenvalue weighted by Gasteiger charge is 2.11. The number of hydrogen-bond acceptors (Lipinski definition) is 1. The number of hydrogen-bond donors (Lipinski definition) is 2. The fourth-order valence-corrected chi connectivity index (χ4v) is 2.70. The first-order valence-corrected chi connectivity index (χ1v) is 7.49. The Balaban J connectivity index is 1.71. The van der Waals surface area contributed by atoms with Gasteiger partial charge in [0.05, 0.1) is 0 Å². The summed E-state index contributed by atoms with van der Waals surface area (Å²) in [6.07, 6.45) is 8.98. The van der Waals surface area contributed by atoms with E-state index in [-0.39, 0.29) is 6.03 Å². The highest BCUT2D eigenvalue weighted by atomic mass is 79.9. The fourth-order valence-electron chi connectivity index (χ4n) is 2.28. The van der Waals surface area contributed by atoms with Crippen molar-refractivity contribution in [1.82, 2.24) is 10.6 Å². The number of carbonyl (C=O) groups is 1. The predicted molar refractivity (Wildman–Crippen MR) is 80.6 cm³/mol. The van der Waals surface area contributed by atoms with Crippen LogP contribution < -0.4 is 10.6 Å². The number of urea groups is 1. The fraction of sp³-hybridized carbons (Fsp3) is 0.400. The van der Waals surface area contributed by atoms with Gasteiger partial charge in [-0.15, -0.1) is 0 Å². The van der Waals surface area contributed by atoms with Gasteiger partial charge < -0.3 is 10.6 Å². The van der Waals surface area contributed by atoms with Gasteiger partial charge in [0.25, 0.3) is 0 Å². The number of carbonyl (C=O) groups excluding carboxylic acids is 1. The molecule has 2 amide bonds. The molecule has 0 heterocycles. The van der Waals surface area contributed by atoms with Crippen molar-refractivity contribution in [3.63, 3.8) is 0 Å². The first-order valence-electron chi connectivity index (χ1n) is 6.70. The van der Waals surface area contributed by atoms with Gasteiger partial charge in [-0.25, -0.2) is 4.79 Å². The van der Waals surface area contributed by atoms with E-state index in [9.17, 15) is 4.79 Å². The van der Waals surface area contributed by atoms with Crippen LogP contribution in [-0.2, 0) is 6.54 Å². The van der Waals surface area contributed by atoms with Crippen molar-refractivity contribution < 1.29 is 4.79 Å². The van der Waals surface area contributed by atoms with Crippen molar-refractivity contribution in [2.24, 2.45) is 5.92 Å². The SMILES string of the molecule is O=C(N/C=C/C1CCCC1)NCc1ccccc1Br. The largest absolute Gasteiger partial charge is 0.334 e. The van der Waals surface area contributed by atoms with Gasteiger partial charge in [-0.3, -0.25) is 0 Å². The molecule has 1 aromatic carbocycles. The van der Waals surface area contributed by atoms with Crippen LogP contribution in [0.25, 0.3) is 0 Å². The van der Waals surface area contributed by atoms with E-state index in [1.54, 1.807) is 6.20 Å². The molecule has 2 rings (SSSR count). The van der Waals surface area contributed by atoms with Gasteiger partial charge in [-0.2, -0.15) is 0 Å². The number of halogens is 1. The Labute approximate surface area is 122 Å². The van der Waals surface area contributed by atoms with Gasteiger partial charge in [-0.05, 0) is 30.4 Å². The maximum absolute atomic E-state index is 11.6.